The number of nitrogens with zero attached hydrogens (tertiary/aromatic N) is 1. The molecule has 1 aliphatic heterocycles. The molecule has 0 aromatic heterocycles. The van der Waals surface area contributed by atoms with Gasteiger partial charge in [0.25, 0.3) is 0 Å². The van der Waals surface area contributed by atoms with E-state index in [4.69, 9.17) is 0 Å². The van der Waals surface area contributed by atoms with Crippen molar-refractivity contribution in [3.05, 3.63) is 47.5 Å². The molecule has 0 bridgehead atoms. The van der Waals surface area contributed by atoms with Crippen molar-refractivity contribution in [1.82, 2.24) is 0 Å². The van der Waals surface area contributed by atoms with Crippen molar-refractivity contribution in [3.63, 3.8) is 0 Å². The number of hydrogen-bond donors (Lipinski definition) is 4. The van der Waals surface area contributed by atoms with Crippen LogP contribution in [-0.2, 0) is 5.60 Å². The number of aliphatic hydroxyl groups excluding tert-OH is 3. The molecule has 1 saturated heterocycles. The van der Waals surface area contributed by atoms with Gasteiger partial charge in [0.05, 0.1) is 11.7 Å². The quantitative estimate of drug-likeness (QED) is 0.617. The molecule has 114 valence electrons. The molecule has 5 nitrogen and oxygen atoms in total. The van der Waals surface area contributed by atoms with E-state index in [2.05, 4.69) is 0 Å². The van der Waals surface area contributed by atoms with Gasteiger partial charge >= 0.3 is 0 Å². The van der Waals surface area contributed by atoms with E-state index in [1.807, 2.05) is 18.2 Å². The molecule has 22 heavy (non-hydrogen) atoms. The predicted octanol–water partition coefficient (Wildman–Crippen LogP) is 0.686. The van der Waals surface area contributed by atoms with Gasteiger partial charge in [0.2, 0.25) is 0 Å². The number of benzene rings is 2. The summed E-state index contributed by atoms with van der Waals surface area (Å²) in [5.74, 6) is 0.111. The summed E-state index contributed by atoms with van der Waals surface area (Å²) in [7, 11) is 0. The first-order chi connectivity index (χ1) is 10.5. The summed E-state index contributed by atoms with van der Waals surface area (Å²) in [6.07, 6.45) is -2.76. The van der Waals surface area contributed by atoms with Gasteiger partial charge in [-0.3, -0.25) is 0 Å². The fourth-order valence-corrected chi connectivity index (χ4v) is 3.95. The average molecular weight is 317 g/mol. The van der Waals surface area contributed by atoms with Gasteiger partial charge in [-0.1, -0.05) is 36.4 Å². The standard InChI is InChI=1S/C16H15NO4S/c17-7-11-10-4-2-1-3-9(10)5-6-12(11)16(21)14(19)13(18)8-22-15(16)20/h1-6,13-15,18-21H,8H2/t13-,14+,15-,16-/m1/s1. The van der Waals surface area contributed by atoms with Crippen LogP contribution < -0.4 is 0 Å². The highest BCUT2D eigenvalue weighted by Gasteiger charge is 2.52. The monoisotopic (exact) mass is 317 g/mol. The third-order valence-electron chi connectivity index (χ3n) is 4.09. The topological polar surface area (TPSA) is 105 Å². The maximum absolute atomic E-state index is 10.9. The van der Waals surface area contributed by atoms with Crippen LogP contribution in [-0.4, -0.2) is 43.8 Å². The first kappa shape index (κ1) is 15.3. The maximum Gasteiger partial charge on any atom is 0.154 e. The smallest absolute Gasteiger partial charge is 0.154 e. The summed E-state index contributed by atoms with van der Waals surface area (Å²) in [5, 5.41) is 52.1. The highest BCUT2D eigenvalue weighted by molar-refractivity contribution is 7.99. The summed E-state index contributed by atoms with van der Waals surface area (Å²) in [5.41, 5.74) is -3.12. The van der Waals surface area contributed by atoms with E-state index in [9.17, 15) is 25.7 Å². The normalized spacial score (nSPS) is 31.9. The lowest BCUT2D eigenvalue weighted by molar-refractivity contribution is -0.162. The van der Waals surface area contributed by atoms with E-state index < -0.39 is 23.2 Å². The third kappa shape index (κ3) is 2.10. The fraction of sp³-hybridized carbons (Fsp3) is 0.312. The van der Waals surface area contributed by atoms with Gasteiger partial charge in [-0.05, 0) is 10.8 Å². The second kappa shape index (κ2) is 5.54. The zero-order valence-electron chi connectivity index (χ0n) is 11.5. The highest BCUT2D eigenvalue weighted by Crippen LogP contribution is 2.43. The summed E-state index contributed by atoms with van der Waals surface area (Å²) in [6, 6.07) is 12.5. The van der Waals surface area contributed by atoms with E-state index in [1.54, 1.807) is 18.2 Å². The van der Waals surface area contributed by atoms with Crippen molar-refractivity contribution < 1.29 is 20.4 Å². The molecule has 0 aliphatic carbocycles. The molecule has 1 fully saturated rings. The Morgan fingerprint density at radius 1 is 1.14 bits per heavy atom. The molecule has 0 unspecified atom stereocenters. The van der Waals surface area contributed by atoms with Crippen molar-refractivity contribution in [3.8, 4) is 6.07 Å². The van der Waals surface area contributed by atoms with Crippen molar-refractivity contribution in [2.45, 2.75) is 23.2 Å². The van der Waals surface area contributed by atoms with Gasteiger partial charge in [-0.2, -0.15) is 5.26 Å². The first-order valence-electron chi connectivity index (χ1n) is 6.80. The van der Waals surface area contributed by atoms with Crippen LogP contribution in [0.1, 0.15) is 11.1 Å². The number of nitriles is 1. The lowest BCUT2D eigenvalue weighted by Gasteiger charge is -2.43. The largest absolute Gasteiger partial charge is 0.389 e. The predicted molar refractivity (Wildman–Crippen MR) is 83.0 cm³/mol. The minimum absolute atomic E-state index is 0.111. The average Bonchev–Trinajstić information content (AvgIpc) is 2.55. The van der Waals surface area contributed by atoms with Gasteiger partial charge in [-0.15, -0.1) is 11.8 Å². The van der Waals surface area contributed by atoms with Crippen molar-refractivity contribution in [2.24, 2.45) is 0 Å². The minimum Gasteiger partial charge on any atom is -0.389 e. The molecule has 3 rings (SSSR count). The molecule has 4 N–H and O–H groups in total. The maximum atomic E-state index is 10.9. The van der Waals surface area contributed by atoms with Crippen LogP contribution in [0.5, 0.6) is 0 Å². The van der Waals surface area contributed by atoms with Crippen molar-refractivity contribution in [2.75, 3.05) is 5.75 Å². The lowest BCUT2D eigenvalue weighted by atomic mass is 9.81. The van der Waals surface area contributed by atoms with E-state index in [-0.39, 0.29) is 16.9 Å². The van der Waals surface area contributed by atoms with Gasteiger partial charge < -0.3 is 20.4 Å². The van der Waals surface area contributed by atoms with Gasteiger partial charge in [0.1, 0.15) is 17.6 Å². The Labute approximate surface area is 131 Å². The van der Waals surface area contributed by atoms with Crippen LogP contribution in [0, 0.1) is 11.3 Å². The summed E-state index contributed by atoms with van der Waals surface area (Å²) in [6.45, 7) is 0. The van der Waals surface area contributed by atoms with Gasteiger partial charge in [0, 0.05) is 11.3 Å². The second-order valence-electron chi connectivity index (χ2n) is 5.34. The van der Waals surface area contributed by atoms with Crippen LogP contribution in [0.3, 0.4) is 0 Å². The lowest BCUT2D eigenvalue weighted by Crippen LogP contribution is -2.57. The van der Waals surface area contributed by atoms with E-state index in [0.29, 0.717) is 5.39 Å². The Bertz CT molecular complexity index is 759. The van der Waals surface area contributed by atoms with Gasteiger partial charge in [-0.25, -0.2) is 0 Å². The van der Waals surface area contributed by atoms with Crippen molar-refractivity contribution >= 4 is 22.5 Å². The highest BCUT2D eigenvalue weighted by atomic mass is 32.2. The molecule has 2 aromatic carbocycles. The molecule has 1 aliphatic rings. The Hall–Kier alpha value is -1.62. The van der Waals surface area contributed by atoms with Crippen LogP contribution >= 0.6 is 11.8 Å². The Kier molecular flexibility index (Phi) is 3.85. The molecule has 2 aromatic rings. The Balaban J connectivity index is 2.27. The minimum atomic E-state index is -2.10. The molecular weight excluding hydrogens is 302 g/mol. The third-order valence-corrected chi connectivity index (χ3v) is 5.30. The Morgan fingerprint density at radius 3 is 2.59 bits per heavy atom. The Morgan fingerprint density at radius 2 is 1.86 bits per heavy atom. The number of aliphatic hydroxyl groups is 4. The fourth-order valence-electron chi connectivity index (χ4n) is 2.87. The SMILES string of the molecule is N#Cc1c([C@]2(O)[C@H](O)SC[C@@H](O)[C@@H]2O)ccc2ccccc12. The molecule has 4 atom stereocenters. The van der Waals surface area contributed by atoms with Crippen LogP contribution in [0.15, 0.2) is 36.4 Å². The number of thioether (sulfide) groups is 1. The summed E-state index contributed by atoms with van der Waals surface area (Å²) >= 11 is 0.942. The second-order valence-corrected chi connectivity index (χ2v) is 6.46. The molecule has 0 spiro atoms. The van der Waals surface area contributed by atoms with Gasteiger partial charge in [0.15, 0.2) is 5.60 Å². The van der Waals surface area contributed by atoms with E-state index in [0.717, 1.165) is 17.1 Å². The number of rotatable bonds is 1. The molecule has 6 heteroatoms. The molecule has 1 heterocycles. The molecule has 0 saturated carbocycles. The number of hydrogen-bond acceptors (Lipinski definition) is 6. The van der Waals surface area contributed by atoms with E-state index in [1.165, 1.54) is 6.07 Å². The summed E-state index contributed by atoms with van der Waals surface area (Å²) < 4.78 is 0. The van der Waals surface area contributed by atoms with Crippen LogP contribution in [0.4, 0.5) is 0 Å². The van der Waals surface area contributed by atoms with E-state index >= 15 is 0 Å². The zero-order valence-corrected chi connectivity index (χ0v) is 12.4. The molecule has 0 radical (unpaired) electrons. The van der Waals surface area contributed by atoms with Crippen LogP contribution in [0.25, 0.3) is 10.8 Å². The summed E-state index contributed by atoms with van der Waals surface area (Å²) in [4.78, 5) is 0. The van der Waals surface area contributed by atoms with Crippen LogP contribution in [0.2, 0.25) is 0 Å². The molecule has 0 amide bonds. The number of fused-ring (bicyclic) bond motifs is 1. The molecular formula is C16H15NO4S. The zero-order chi connectivity index (χ0) is 15.9. The van der Waals surface area contributed by atoms with Crippen molar-refractivity contribution in [1.29, 1.82) is 5.26 Å². The first-order valence-corrected chi connectivity index (χ1v) is 7.85.